The van der Waals surface area contributed by atoms with Gasteiger partial charge in [0.25, 0.3) is 5.91 Å². The summed E-state index contributed by atoms with van der Waals surface area (Å²) in [5.74, 6) is 0.180. The van der Waals surface area contributed by atoms with Crippen molar-refractivity contribution >= 4 is 5.91 Å². The smallest absolute Gasteiger partial charge is 0.253 e. The highest BCUT2D eigenvalue weighted by Crippen LogP contribution is 2.38. The topological polar surface area (TPSA) is 20.3 Å². The second-order valence-corrected chi connectivity index (χ2v) is 7.30. The van der Waals surface area contributed by atoms with Crippen LogP contribution in [0, 0.1) is 0 Å². The van der Waals surface area contributed by atoms with Gasteiger partial charge in [-0.25, -0.2) is 0 Å². The van der Waals surface area contributed by atoms with E-state index in [1.807, 2.05) is 30.3 Å². The zero-order valence-corrected chi connectivity index (χ0v) is 15.3. The number of carbonyl (C=O) groups excluding carboxylic acids is 1. The van der Waals surface area contributed by atoms with Crippen molar-refractivity contribution in [3.05, 3.63) is 71.8 Å². The average molecular weight is 335 g/mol. The Morgan fingerprint density at radius 1 is 1.00 bits per heavy atom. The van der Waals surface area contributed by atoms with E-state index in [-0.39, 0.29) is 11.3 Å². The van der Waals surface area contributed by atoms with Crippen molar-refractivity contribution in [2.45, 2.75) is 50.9 Å². The van der Waals surface area contributed by atoms with Gasteiger partial charge < -0.3 is 4.90 Å². The molecule has 2 aromatic rings. The Bertz CT molecular complexity index is 667. The first kappa shape index (κ1) is 17.7. The van der Waals surface area contributed by atoms with E-state index < -0.39 is 0 Å². The summed E-state index contributed by atoms with van der Waals surface area (Å²) in [5, 5.41) is 0. The van der Waals surface area contributed by atoms with Crippen LogP contribution in [-0.4, -0.2) is 23.9 Å². The molecule has 132 valence electrons. The largest absolute Gasteiger partial charge is 0.338 e. The normalized spacial score (nSPS) is 20.9. The first-order valence-electron chi connectivity index (χ1n) is 9.65. The van der Waals surface area contributed by atoms with Gasteiger partial charge in [0.05, 0.1) is 0 Å². The second kappa shape index (κ2) is 8.33. The molecule has 2 nitrogen and oxygen atoms in total. The van der Waals surface area contributed by atoms with Crippen LogP contribution in [0.4, 0.5) is 0 Å². The van der Waals surface area contributed by atoms with E-state index in [0.717, 1.165) is 31.5 Å². The molecule has 0 aliphatic carbocycles. The summed E-state index contributed by atoms with van der Waals surface area (Å²) in [5.41, 5.74) is 2.30. The predicted molar refractivity (Wildman–Crippen MR) is 104 cm³/mol. The van der Waals surface area contributed by atoms with E-state index in [9.17, 15) is 4.79 Å². The number of amides is 1. The highest BCUT2D eigenvalue weighted by molar-refractivity contribution is 5.94. The average Bonchev–Trinajstić information content (AvgIpc) is 2.91. The Morgan fingerprint density at radius 3 is 2.36 bits per heavy atom. The lowest BCUT2D eigenvalue weighted by Crippen LogP contribution is -2.42. The van der Waals surface area contributed by atoms with Gasteiger partial charge in [0.2, 0.25) is 0 Å². The summed E-state index contributed by atoms with van der Waals surface area (Å²) in [6.45, 7) is 3.96. The highest BCUT2D eigenvalue weighted by atomic mass is 16.2. The lowest BCUT2D eigenvalue weighted by molar-refractivity contribution is 0.0722. The molecule has 2 aromatic carbocycles. The molecule has 0 N–H and O–H groups in total. The fourth-order valence-corrected chi connectivity index (χ4v) is 4.12. The van der Waals surface area contributed by atoms with Crippen molar-refractivity contribution in [3.63, 3.8) is 0 Å². The number of carbonyl (C=O) groups is 1. The molecule has 0 saturated carbocycles. The van der Waals surface area contributed by atoms with E-state index in [1.54, 1.807) is 0 Å². The van der Waals surface area contributed by atoms with Crippen LogP contribution in [-0.2, 0) is 5.41 Å². The van der Waals surface area contributed by atoms with Gasteiger partial charge in [-0.1, -0.05) is 74.7 Å². The maximum atomic E-state index is 13.1. The molecule has 0 aromatic heterocycles. The molecule has 1 atom stereocenters. The molecule has 1 saturated heterocycles. The zero-order valence-electron chi connectivity index (χ0n) is 15.3. The van der Waals surface area contributed by atoms with Crippen LogP contribution in [0.15, 0.2) is 60.7 Å². The molecule has 1 aliphatic rings. The van der Waals surface area contributed by atoms with Crippen LogP contribution in [0.25, 0.3) is 0 Å². The van der Waals surface area contributed by atoms with Crippen LogP contribution in [0.5, 0.6) is 0 Å². The third kappa shape index (κ3) is 4.12. The minimum absolute atomic E-state index is 0.0954. The first-order valence-corrected chi connectivity index (χ1v) is 9.65. The zero-order chi connectivity index (χ0) is 17.5. The van der Waals surface area contributed by atoms with Gasteiger partial charge in [-0.3, -0.25) is 4.79 Å². The molecule has 0 bridgehead atoms. The van der Waals surface area contributed by atoms with E-state index in [2.05, 4.69) is 42.2 Å². The molecule has 1 amide bonds. The summed E-state index contributed by atoms with van der Waals surface area (Å²) in [6.07, 6.45) is 7.03. The molecule has 0 radical (unpaired) electrons. The third-order valence-electron chi connectivity index (χ3n) is 5.53. The first-order chi connectivity index (χ1) is 12.2. The summed E-state index contributed by atoms with van der Waals surface area (Å²) in [4.78, 5) is 15.2. The molecule has 25 heavy (non-hydrogen) atoms. The Kier molecular flexibility index (Phi) is 5.91. The Labute approximate surface area is 151 Å². The molecule has 2 heteroatoms. The minimum Gasteiger partial charge on any atom is -0.338 e. The van der Waals surface area contributed by atoms with Gasteiger partial charge in [0.1, 0.15) is 0 Å². The summed E-state index contributed by atoms with van der Waals surface area (Å²) in [6, 6.07) is 20.6. The maximum Gasteiger partial charge on any atom is 0.253 e. The number of nitrogens with zero attached hydrogens (tertiary/aromatic N) is 1. The van der Waals surface area contributed by atoms with Crippen molar-refractivity contribution < 1.29 is 4.79 Å². The lowest BCUT2D eigenvalue weighted by atomic mass is 9.73. The molecular weight excluding hydrogens is 306 g/mol. The molecule has 0 spiro atoms. The quantitative estimate of drug-likeness (QED) is 0.712. The fourth-order valence-electron chi connectivity index (χ4n) is 4.12. The van der Waals surface area contributed by atoms with Crippen LogP contribution >= 0.6 is 0 Å². The summed E-state index contributed by atoms with van der Waals surface area (Å²) < 4.78 is 0. The third-order valence-corrected chi connectivity index (χ3v) is 5.53. The maximum absolute atomic E-state index is 13.1. The number of hydrogen-bond acceptors (Lipinski definition) is 1. The monoisotopic (exact) mass is 335 g/mol. The minimum atomic E-state index is 0.0954. The van der Waals surface area contributed by atoms with E-state index >= 15 is 0 Å². The Balaban J connectivity index is 1.90. The molecule has 1 aliphatic heterocycles. The number of likely N-dealkylation sites (tertiary alicyclic amines) is 1. The van der Waals surface area contributed by atoms with E-state index in [1.165, 1.54) is 31.2 Å². The molecule has 1 heterocycles. The molecule has 1 fully saturated rings. The van der Waals surface area contributed by atoms with Gasteiger partial charge in [-0.15, -0.1) is 0 Å². The van der Waals surface area contributed by atoms with E-state index in [4.69, 9.17) is 0 Å². The predicted octanol–water partition coefficient (Wildman–Crippen LogP) is 5.44. The van der Waals surface area contributed by atoms with Crippen molar-refractivity contribution in [2.24, 2.45) is 0 Å². The van der Waals surface area contributed by atoms with Gasteiger partial charge in [0, 0.05) is 24.1 Å². The van der Waals surface area contributed by atoms with Crippen molar-refractivity contribution in [2.75, 3.05) is 13.1 Å². The fraction of sp³-hybridized carbons (Fsp3) is 0.435. The summed E-state index contributed by atoms with van der Waals surface area (Å²) in [7, 11) is 0. The van der Waals surface area contributed by atoms with Gasteiger partial charge >= 0.3 is 0 Å². The van der Waals surface area contributed by atoms with Crippen molar-refractivity contribution in [1.29, 1.82) is 0 Å². The Hall–Kier alpha value is -2.09. The number of benzene rings is 2. The van der Waals surface area contributed by atoms with Crippen molar-refractivity contribution in [3.8, 4) is 0 Å². The Morgan fingerprint density at radius 2 is 1.68 bits per heavy atom. The number of unbranched alkanes of at least 4 members (excludes halogenated alkanes) is 1. The highest BCUT2D eigenvalue weighted by Gasteiger charge is 2.36. The van der Waals surface area contributed by atoms with Crippen LogP contribution in [0.2, 0.25) is 0 Å². The SMILES string of the molecule is CCCCC1(c2ccccc2)CCCCN(C(=O)c2ccccc2)C1. The van der Waals surface area contributed by atoms with Crippen LogP contribution in [0.1, 0.15) is 61.4 Å². The molecule has 1 unspecified atom stereocenters. The lowest BCUT2D eigenvalue weighted by Gasteiger charge is -2.37. The molecule has 3 rings (SSSR count). The van der Waals surface area contributed by atoms with Gasteiger partial charge in [-0.2, -0.15) is 0 Å². The second-order valence-electron chi connectivity index (χ2n) is 7.30. The van der Waals surface area contributed by atoms with Crippen LogP contribution in [0.3, 0.4) is 0 Å². The molecular formula is C23H29NO. The van der Waals surface area contributed by atoms with Crippen LogP contribution < -0.4 is 0 Å². The summed E-state index contributed by atoms with van der Waals surface area (Å²) >= 11 is 0. The van der Waals surface area contributed by atoms with E-state index in [0.29, 0.717) is 0 Å². The van der Waals surface area contributed by atoms with Gasteiger partial charge in [-0.05, 0) is 37.0 Å². The number of rotatable bonds is 5. The standard InChI is InChI=1S/C23H29NO/c1-2-3-16-23(21-14-8-5-9-15-21)17-10-11-18-24(19-23)22(25)20-12-6-4-7-13-20/h4-9,12-15H,2-3,10-11,16-19H2,1H3. The number of hydrogen-bond donors (Lipinski definition) is 0. The van der Waals surface area contributed by atoms with Gasteiger partial charge in [0.15, 0.2) is 0 Å². The van der Waals surface area contributed by atoms with Crippen molar-refractivity contribution in [1.82, 2.24) is 4.90 Å².